The van der Waals surface area contributed by atoms with Gasteiger partial charge in [0.1, 0.15) is 0 Å². The van der Waals surface area contributed by atoms with Crippen LogP contribution in [0.5, 0.6) is 0 Å². The molecule has 0 unspecified atom stereocenters. The molecule has 0 atom stereocenters. The van der Waals surface area contributed by atoms with Crippen molar-refractivity contribution in [3.8, 4) is 0 Å². The molecule has 2 aromatic heterocycles. The van der Waals surface area contributed by atoms with Gasteiger partial charge in [0.25, 0.3) is 0 Å². The highest BCUT2D eigenvalue weighted by atomic mass is 16.5. The first-order chi connectivity index (χ1) is 10.1. The first-order valence-corrected chi connectivity index (χ1v) is 6.92. The molecule has 108 valence electrons. The topological polar surface area (TPSA) is 56.5 Å². The Labute approximate surface area is 122 Å². The first-order valence-electron chi connectivity index (χ1n) is 6.92. The Morgan fingerprint density at radius 3 is 2.81 bits per heavy atom. The molecule has 0 saturated carbocycles. The number of carbonyl (C=O) groups is 1. The van der Waals surface area contributed by atoms with Crippen molar-refractivity contribution in [1.82, 2.24) is 14.6 Å². The van der Waals surface area contributed by atoms with Crippen LogP contribution in [0.4, 0.5) is 0 Å². The monoisotopic (exact) mass is 283 g/mol. The Bertz CT molecular complexity index is 836. The number of aromatic nitrogens is 3. The third-order valence-electron chi connectivity index (χ3n) is 3.82. The number of benzene rings is 1. The second kappa shape index (κ2) is 5.16. The van der Waals surface area contributed by atoms with E-state index in [0.717, 1.165) is 33.5 Å². The maximum atomic E-state index is 11.3. The number of hydrogen-bond acceptors (Lipinski definition) is 4. The predicted molar refractivity (Wildman–Crippen MR) is 80.3 cm³/mol. The Morgan fingerprint density at radius 2 is 2.05 bits per heavy atom. The van der Waals surface area contributed by atoms with E-state index in [0.29, 0.717) is 12.8 Å². The van der Waals surface area contributed by atoms with Gasteiger partial charge in [-0.05, 0) is 38.0 Å². The second-order valence-electron chi connectivity index (χ2n) is 5.09. The third-order valence-corrected chi connectivity index (χ3v) is 3.82. The van der Waals surface area contributed by atoms with Crippen LogP contribution in [0.3, 0.4) is 0 Å². The average molecular weight is 283 g/mol. The highest BCUT2D eigenvalue weighted by molar-refractivity contribution is 5.92. The predicted octanol–water partition coefficient (Wildman–Crippen LogP) is 2.60. The van der Waals surface area contributed by atoms with Crippen molar-refractivity contribution >= 4 is 22.5 Å². The molecule has 0 radical (unpaired) electrons. The lowest BCUT2D eigenvalue weighted by Crippen LogP contribution is -2.08. The zero-order chi connectivity index (χ0) is 15.0. The highest BCUT2D eigenvalue weighted by Crippen LogP contribution is 2.22. The van der Waals surface area contributed by atoms with E-state index < -0.39 is 0 Å². The lowest BCUT2D eigenvalue weighted by atomic mass is 10.1. The smallest absolute Gasteiger partial charge is 0.305 e. The van der Waals surface area contributed by atoms with Crippen LogP contribution in [0.25, 0.3) is 16.6 Å². The number of carbonyl (C=O) groups excluding carboxylic acids is 1. The summed E-state index contributed by atoms with van der Waals surface area (Å²) in [5.41, 5.74) is 4.81. The summed E-state index contributed by atoms with van der Waals surface area (Å²) in [6, 6.07) is 7.96. The molecular formula is C16H17N3O2. The van der Waals surface area contributed by atoms with Gasteiger partial charge in [0.15, 0.2) is 5.65 Å². The van der Waals surface area contributed by atoms with Crippen LogP contribution in [0.1, 0.15) is 23.4 Å². The maximum Gasteiger partial charge on any atom is 0.305 e. The minimum absolute atomic E-state index is 0.209. The van der Waals surface area contributed by atoms with Crippen molar-refractivity contribution in [2.75, 3.05) is 7.11 Å². The standard InChI is InChI=1S/C16H17N3O2/c1-10-12(8-9-15(20)21-3)11(2)19-16(17-10)13-6-4-5-7-14(13)18-19/h4-7H,8-9H2,1-3H3. The van der Waals surface area contributed by atoms with Crippen LogP contribution in [0.15, 0.2) is 24.3 Å². The zero-order valence-corrected chi connectivity index (χ0v) is 12.4. The largest absolute Gasteiger partial charge is 0.469 e. The second-order valence-corrected chi connectivity index (χ2v) is 5.09. The summed E-state index contributed by atoms with van der Waals surface area (Å²) in [5, 5.41) is 5.65. The van der Waals surface area contributed by atoms with Crippen molar-refractivity contribution < 1.29 is 9.53 Å². The van der Waals surface area contributed by atoms with E-state index in [-0.39, 0.29) is 5.97 Å². The van der Waals surface area contributed by atoms with Gasteiger partial charge in [0.05, 0.1) is 12.6 Å². The van der Waals surface area contributed by atoms with E-state index in [9.17, 15) is 4.79 Å². The maximum absolute atomic E-state index is 11.3. The molecule has 0 amide bonds. The molecule has 0 saturated heterocycles. The number of ether oxygens (including phenoxy) is 1. The molecule has 3 aromatic rings. The summed E-state index contributed by atoms with van der Waals surface area (Å²) in [4.78, 5) is 16.0. The fourth-order valence-electron chi connectivity index (χ4n) is 2.67. The molecule has 2 heterocycles. The number of aryl methyl sites for hydroxylation is 2. The lowest BCUT2D eigenvalue weighted by Gasteiger charge is -2.10. The van der Waals surface area contributed by atoms with E-state index in [2.05, 4.69) is 10.1 Å². The molecular weight excluding hydrogens is 266 g/mol. The fraction of sp³-hybridized carbons (Fsp3) is 0.312. The number of methoxy groups -OCH3 is 1. The van der Waals surface area contributed by atoms with Crippen molar-refractivity contribution in [2.45, 2.75) is 26.7 Å². The van der Waals surface area contributed by atoms with E-state index in [1.54, 1.807) is 0 Å². The molecule has 0 spiro atoms. The van der Waals surface area contributed by atoms with Gasteiger partial charge in [-0.3, -0.25) is 4.79 Å². The molecule has 5 nitrogen and oxygen atoms in total. The molecule has 0 aliphatic rings. The summed E-state index contributed by atoms with van der Waals surface area (Å²) < 4.78 is 6.57. The van der Waals surface area contributed by atoms with E-state index in [1.165, 1.54) is 7.11 Å². The fourth-order valence-corrected chi connectivity index (χ4v) is 2.67. The van der Waals surface area contributed by atoms with Crippen molar-refractivity contribution in [3.05, 3.63) is 41.2 Å². The van der Waals surface area contributed by atoms with Crippen molar-refractivity contribution in [1.29, 1.82) is 0 Å². The van der Waals surface area contributed by atoms with Crippen LogP contribution < -0.4 is 0 Å². The highest BCUT2D eigenvalue weighted by Gasteiger charge is 2.14. The summed E-state index contributed by atoms with van der Waals surface area (Å²) in [6.07, 6.45) is 0.968. The quantitative estimate of drug-likeness (QED) is 0.693. The van der Waals surface area contributed by atoms with E-state index in [1.807, 2.05) is 42.6 Å². The minimum atomic E-state index is -0.209. The molecule has 5 heteroatoms. The van der Waals surface area contributed by atoms with Crippen molar-refractivity contribution in [2.24, 2.45) is 0 Å². The Kier molecular flexibility index (Phi) is 3.33. The molecule has 0 bridgehead atoms. The van der Waals surface area contributed by atoms with Gasteiger partial charge in [-0.2, -0.15) is 5.10 Å². The molecule has 0 aliphatic heterocycles. The number of esters is 1. The lowest BCUT2D eigenvalue weighted by molar-refractivity contribution is -0.140. The zero-order valence-electron chi connectivity index (χ0n) is 12.4. The van der Waals surface area contributed by atoms with Crippen LogP contribution in [0, 0.1) is 13.8 Å². The molecule has 0 fully saturated rings. The van der Waals surface area contributed by atoms with E-state index in [4.69, 9.17) is 4.74 Å². The number of fused-ring (bicyclic) bond motifs is 3. The normalized spacial score (nSPS) is 11.2. The summed E-state index contributed by atoms with van der Waals surface area (Å²) in [6.45, 7) is 3.99. The van der Waals surface area contributed by atoms with Gasteiger partial charge in [-0.1, -0.05) is 12.1 Å². The molecule has 0 N–H and O–H groups in total. The summed E-state index contributed by atoms with van der Waals surface area (Å²) >= 11 is 0. The molecule has 3 rings (SSSR count). The van der Waals surface area contributed by atoms with Crippen LogP contribution in [-0.4, -0.2) is 27.7 Å². The van der Waals surface area contributed by atoms with Gasteiger partial charge in [0.2, 0.25) is 0 Å². The molecule has 21 heavy (non-hydrogen) atoms. The van der Waals surface area contributed by atoms with Gasteiger partial charge in [-0.15, -0.1) is 0 Å². The van der Waals surface area contributed by atoms with Crippen LogP contribution in [-0.2, 0) is 16.0 Å². The first kappa shape index (κ1) is 13.5. The van der Waals surface area contributed by atoms with Gasteiger partial charge in [0, 0.05) is 23.2 Å². The molecule has 0 aliphatic carbocycles. The summed E-state index contributed by atoms with van der Waals surface area (Å²) in [7, 11) is 1.41. The number of rotatable bonds is 3. The van der Waals surface area contributed by atoms with Gasteiger partial charge >= 0.3 is 5.97 Å². The van der Waals surface area contributed by atoms with Gasteiger partial charge in [-0.25, -0.2) is 9.50 Å². The van der Waals surface area contributed by atoms with E-state index >= 15 is 0 Å². The number of nitrogens with zero attached hydrogens (tertiary/aromatic N) is 3. The van der Waals surface area contributed by atoms with Crippen LogP contribution in [0.2, 0.25) is 0 Å². The average Bonchev–Trinajstić information content (AvgIpc) is 2.86. The molecule has 1 aromatic carbocycles. The third kappa shape index (κ3) is 2.24. The Balaban J connectivity index is 2.14. The SMILES string of the molecule is COC(=O)CCc1c(C)nc2c3ccccc3nn2c1C. The minimum Gasteiger partial charge on any atom is -0.469 e. The summed E-state index contributed by atoms with van der Waals surface area (Å²) in [5.74, 6) is -0.209. The Hall–Kier alpha value is -2.43. The van der Waals surface area contributed by atoms with Crippen molar-refractivity contribution in [3.63, 3.8) is 0 Å². The Morgan fingerprint density at radius 1 is 1.29 bits per heavy atom. The van der Waals surface area contributed by atoms with Gasteiger partial charge < -0.3 is 4.74 Å². The number of hydrogen-bond donors (Lipinski definition) is 0. The van der Waals surface area contributed by atoms with Crippen LogP contribution >= 0.6 is 0 Å².